The second-order valence-electron chi connectivity index (χ2n) is 6.38. The number of carbonyl (C=O) groups excluding carboxylic acids is 2. The van der Waals surface area contributed by atoms with Gasteiger partial charge in [0.1, 0.15) is 24.7 Å². The van der Waals surface area contributed by atoms with Gasteiger partial charge in [-0.2, -0.15) is 0 Å². The summed E-state index contributed by atoms with van der Waals surface area (Å²) in [4.78, 5) is 24.0. The number of aryl methyl sites for hydroxylation is 1. The minimum atomic E-state index is -3.70. The van der Waals surface area contributed by atoms with Crippen molar-refractivity contribution in [2.75, 3.05) is 18.9 Å². The van der Waals surface area contributed by atoms with Gasteiger partial charge in [-0.3, -0.25) is 10.1 Å². The topological polar surface area (TPSA) is 106 Å². The number of imide groups is 1. The Labute approximate surface area is 165 Å². The Bertz CT molecular complexity index is 1010. The van der Waals surface area contributed by atoms with E-state index in [1.807, 2.05) is 0 Å². The number of urea groups is 1. The second-order valence-corrected chi connectivity index (χ2v) is 8.49. The number of hydrogen-bond acceptors (Lipinski definition) is 6. The monoisotopic (exact) mass is 428 g/mol. The molecule has 8 nitrogen and oxygen atoms in total. The third-order valence-electron chi connectivity index (χ3n) is 4.11. The van der Waals surface area contributed by atoms with Crippen LogP contribution in [0.2, 0.25) is 0 Å². The molecule has 0 aliphatic carbocycles. The number of benzene rings is 1. The fourth-order valence-electron chi connectivity index (χ4n) is 2.74. The highest BCUT2D eigenvalue weighted by Gasteiger charge is 2.27. The number of amides is 3. The number of hydrogen-bond donors (Lipinski definition) is 1. The van der Waals surface area contributed by atoms with Crippen LogP contribution in [0.15, 0.2) is 45.9 Å². The number of carbonyl (C=O) groups is 2. The first-order chi connectivity index (χ1) is 13.7. The standard InChI is InChI=1S/C18H18F2N2O6S/c19-16(20)11-28-13-2-1-3-15(7-13)29(25,26)5-4-14-6-12(10-27-14)8-22-9-17(23)21-18(22)24/h1-3,6-7,10,16H,4-5,8-9,11H2,(H,21,23,24). The van der Waals surface area contributed by atoms with Crippen molar-refractivity contribution in [3.05, 3.63) is 47.9 Å². The molecule has 156 valence electrons. The van der Waals surface area contributed by atoms with E-state index in [1.165, 1.54) is 35.4 Å². The Morgan fingerprint density at radius 3 is 2.72 bits per heavy atom. The summed E-state index contributed by atoms with van der Waals surface area (Å²) in [6, 6.07) is 6.51. The van der Waals surface area contributed by atoms with Crippen molar-refractivity contribution in [3.63, 3.8) is 0 Å². The van der Waals surface area contributed by atoms with E-state index in [1.54, 1.807) is 6.07 Å². The van der Waals surface area contributed by atoms with E-state index in [0.29, 0.717) is 11.3 Å². The lowest BCUT2D eigenvalue weighted by molar-refractivity contribution is -0.118. The summed E-state index contributed by atoms with van der Waals surface area (Å²) in [7, 11) is -3.70. The van der Waals surface area contributed by atoms with E-state index < -0.39 is 28.9 Å². The van der Waals surface area contributed by atoms with Crippen molar-refractivity contribution in [2.45, 2.75) is 24.3 Å². The molecule has 29 heavy (non-hydrogen) atoms. The molecule has 3 amide bonds. The van der Waals surface area contributed by atoms with E-state index in [9.17, 15) is 26.8 Å². The number of furan rings is 1. The number of rotatable bonds is 9. The number of alkyl halides is 2. The number of nitrogens with zero attached hydrogens (tertiary/aromatic N) is 1. The third kappa shape index (κ3) is 5.53. The molecule has 0 atom stereocenters. The maximum absolute atomic E-state index is 12.5. The largest absolute Gasteiger partial charge is 0.488 e. The summed E-state index contributed by atoms with van der Waals surface area (Å²) in [6.45, 7) is -0.700. The SMILES string of the molecule is O=C1CN(Cc2coc(CCS(=O)(=O)c3cccc(OCC(F)F)c3)c2)C(=O)N1. The van der Waals surface area contributed by atoms with Gasteiger partial charge in [-0.15, -0.1) is 0 Å². The zero-order valence-electron chi connectivity index (χ0n) is 15.1. The van der Waals surface area contributed by atoms with Gasteiger partial charge in [-0.25, -0.2) is 22.0 Å². The van der Waals surface area contributed by atoms with E-state index >= 15 is 0 Å². The Morgan fingerprint density at radius 2 is 2.03 bits per heavy atom. The molecule has 2 aromatic rings. The van der Waals surface area contributed by atoms with Crippen LogP contribution in [0.5, 0.6) is 5.75 Å². The fourth-order valence-corrected chi connectivity index (χ4v) is 4.03. The average molecular weight is 428 g/mol. The summed E-state index contributed by atoms with van der Waals surface area (Å²) in [5.41, 5.74) is 0.629. The molecule has 2 heterocycles. The lowest BCUT2D eigenvalue weighted by Crippen LogP contribution is -2.27. The number of nitrogens with one attached hydrogen (secondary N) is 1. The van der Waals surface area contributed by atoms with Crippen LogP contribution in [-0.2, 0) is 27.6 Å². The highest BCUT2D eigenvalue weighted by Crippen LogP contribution is 2.21. The van der Waals surface area contributed by atoms with Crippen LogP contribution in [0.25, 0.3) is 0 Å². The smallest absolute Gasteiger partial charge is 0.324 e. The van der Waals surface area contributed by atoms with Crippen LogP contribution >= 0.6 is 0 Å². The van der Waals surface area contributed by atoms with Gasteiger partial charge in [0, 0.05) is 12.0 Å². The predicted octanol–water partition coefficient (Wildman–Crippen LogP) is 1.99. The highest BCUT2D eigenvalue weighted by molar-refractivity contribution is 7.91. The van der Waals surface area contributed by atoms with Crippen LogP contribution in [-0.4, -0.2) is 50.6 Å². The molecule has 0 unspecified atom stereocenters. The zero-order chi connectivity index (χ0) is 21.0. The predicted molar refractivity (Wildman–Crippen MR) is 96.4 cm³/mol. The lowest BCUT2D eigenvalue weighted by atomic mass is 10.2. The quantitative estimate of drug-likeness (QED) is 0.613. The minimum Gasteiger partial charge on any atom is -0.488 e. The van der Waals surface area contributed by atoms with E-state index in [2.05, 4.69) is 5.32 Å². The van der Waals surface area contributed by atoms with E-state index in [-0.39, 0.29) is 41.8 Å². The zero-order valence-corrected chi connectivity index (χ0v) is 16.0. The molecule has 1 aliphatic rings. The second kappa shape index (κ2) is 8.60. The Morgan fingerprint density at radius 1 is 1.24 bits per heavy atom. The average Bonchev–Trinajstić information content (AvgIpc) is 3.24. The number of ether oxygens (including phenoxy) is 1. The molecular formula is C18H18F2N2O6S. The van der Waals surface area contributed by atoms with Crippen molar-refractivity contribution >= 4 is 21.8 Å². The molecular weight excluding hydrogens is 410 g/mol. The van der Waals surface area contributed by atoms with Gasteiger partial charge < -0.3 is 14.1 Å². The maximum Gasteiger partial charge on any atom is 0.324 e. The summed E-state index contributed by atoms with van der Waals surface area (Å²) in [5, 5.41) is 2.16. The van der Waals surface area contributed by atoms with Crippen molar-refractivity contribution < 1.29 is 35.9 Å². The normalized spacial score (nSPS) is 14.5. The Hall–Kier alpha value is -2.95. The van der Waals surface area contributed by atoms with Crippen LogP contribution < -0.4 is 10.1 Å². The van der Waals surface area contributed by atoms with Gasteiger partial charge in [0.05, 0.1) is 23.5 Å². The summed E-state index contributed by atoms with van der Waals surface area (Å²) in [5.74, 6) is -0.199. The van der Waals surface area contributed by atoms with Crippen molar-refractivity contribution in [2.24, 2.45) is 0 Å². The minimum absolute atomic E-state index is 0.0386. The fraction of sp³-hybridized carbons (Fsp3) is 0.333. The van der Waals surface area contributed by atoms with Gasteiger partial charge in [-0.05, 0) is 24.3 Å². The molecule has 1 aromatic carbocycles. The molecule has 3 rings (SSSR count). The Kier molecular flexibility index (Phi) is 6.16. The number of sulfone groups is 1. The Balaban J connectivity index is 1.59. The van der Waals surface area contributed by atoms with Gasteiger partial charge in [0.2, 0.25) is 5.91 Å². The molecule has 1 aromatic heterocycles. The van der Waals surface area contributed by atoms with Crippen molar-refractivity contribution in [1.82, 2.24) is 10.2 Å². The molecule has 11 heteroatoms. The van der Waals surface area contributed by atoms with Gasteiger partial charge in [0.25, 0.3) is 6.43 Å². The van der Waals surface area contributed by atoms with Gasteiger partial charge in [0.15, 0.2) is 9.84 Å². The first-order valence-corrected chi connectivity index (χ1v) is 10.3. The molecule has 0 spiro atoms. The molecule has 1 N–H and O–H groups in total. The first-order valence-electron chi connectivity index (χ1n) is 8.62. The summed E-state index contributed by atoms with van der Waals surface area (Å²) >= 11 is 0. The van der Waals surface area contributed by atoms with E-state index in [0.717, 1.165) is 0 Å². The molecule has 1 fully saturated rings. The lowest BCUT2D eigenvalue weighted by Gasteiger charge is -2.10. The summed E-state index contributed by atoms with van der Waals surface area (Å²) < 4.78 is 59.7. The van der Waals surface area contributed by atoms with Crippen LogP contribution in [0.3, 0.4) is 0 Å². The first kappa shape index (κ1) is 20.8. The van der Waals surface area contributed by atoms with E-state index in [4.69, 9.17) is 9.15 Å². The summed E-state index contributed by atoms with van der Waals surface area (Å²) in [6.07, 6.45) is -1.18. The molecule has 0 radical (unpaired) electrons. The van der Waals surface area contributed by atoms with Crippen molar-refractivity contribution in [1.29, 1.82) is 0 Å². The molecule has 1 saturated heterocycles. The third-order valence-corrected chi connectivity index (χ3v) is 5.82. The van der Waals surface area contributed by atoms with Crippen LogP contribution in [0.4, 0.5) is 13.6 Å². The molecule has 1 aliphatic heterocycles. The van der Waals surface area contributed by atoms with Gasteiger partial charge >= 0.3 is 6.03 Å². The maximum atomic E-state index is 12.5. The highest BCUT2D eigenvalue weighted by atomic mass is 32.2. The van der Waals surface area contributed by atoms with Gasteiger partial charge in [-0.1, -0.05) is 6.07 Å². The molecule has 0 bridgehead atoms. The number of halogens is 2. The molecule has 0 saturated carbocycles. The van der Waals surface area contributed by atoms with Crippen LogP contribution in [0, 0.1) is 0 Å². The van der Waals surface area contributed by atoms with Crippen LogP contribution in [0.1, 0.15) is 11.3 Å². The van der Waals surface area contributed by atoms with Crippen molar-refractivity contribution in [3.8, 4) is 5.75 Å².